The molecular formula is C15H15N5OS. The van der Waals surface area contributed by atoms with Gasteiger partial charge < -0.3 is 4.52 Å². The summed E-state index contributed by atoms with van der Waals surface area (Å²) >= 11 is 1.75. The Kier molecular flexibility index (Phi) is 3.64. The zero-order valence-corrected chi connectivity index (χ0v) is 12.7. The van der Waals surface area contributed by atoms with Crippen LogP contribution < -0.4 is 0 Å². The maximum atomic E-state index is 5.40. The van der Waals surface area contributed by atoms with Gasteiger partial charge in [-0.25, -0.2) is 4.68 Å². The summed E-state index contributed by atoms with van der Waals surface area (Å²) < 4.78 is 7.35. The molecule has 0 atom stereocenters. The molecule has 0 unspecified atom stereocenters. The van der Waals surface area contributed by atoms with Crippen LogP contribution in [-0.4, -0.2) is 25.4 Å². The van der Waals surface area contributed by atoms with E-state index in [1.165, 1.54) is 12.8 Å². The number of rotatable bonds is 6. The first kappa shape index (κ1) is 13.5. The Balaban J connectivity index is 1.36. The van der Waals surface area contributed by atoms with Crippen molar-refractivity contribution in [3.8, 4) is 11.3 Å². The normalized spacial score (nSPS) is 14.4. The summed E-state index contributed by atoms with van der Waals surface area (Å²) in [6, 6.07) is 12.5. The molecule has 2 aromatic heterocycles. The van der Waals surface area contributed by atoms with Gasteiger partial charge in [0.2, 0.25) is 0 Å². The molecule has 0 aliphatic heterocycles. The molecule has 4 rings (SSSR count). The Bertz CT molecular complexity index is 750. The van der Waals surface area contributed by atoms with Crippen molar-refractivity contribution in [3.05, 3.63) is 47.9 Å². The number of benzene rings is 1. The highest BCUT2D eigenvalue weighted by Gasteiger charge is 2.27. The lowest BCUT2D eigenvalue weighted by molar-refractivity contribution is 0.426. The number of nitrogens with zero attached hydrogens (tertiary/aromatic N) is 5. The van der Waals surface area contributed by atoms with Gasteiger partial charge in [0.15, 0.2) is 11.6 Å². The summed E-state index contributed by atoms with van der Waals surface area (Å²) in [4.78, 5) is 0. The fourth-order valence-corrected chi connectivity index (χ4v) is 3.10. The summed E-state index contributed by atoms with van der Waals surface area (Å²) in [7, 11) is 0. The van der Waals surface area contributed by atoms with E-state index in [0.717, 1.165) is 34.3 Å². The van der Waals surface area contributed by atoms with Crippen LogP contribution in [0.15, 0.2) is 40.9 Å². The zero-order chi connectivity index (χ0) is 14.8. The van der Waals surface area contributed by atoms with Gasteiger partial charge in [0.1, 0.15) is 0 Å². The molecule has 6 nitrogen and oxygen atoms in total. The quantitative estimate of drug-likeness (QED) is 0.696. The average Bonchev–Trinajstić information content (AvgIpc) is 3.11. The third kappa shape index (κ3) is 2.89. The van der Waals surface area contributed by atoms with E-state index < -0.39 is 0 Å². The van der Waals surface area contributed by atoms with Crippen LogP contribution in [0.1, 0.15) is 30.4 Å². The SMILES string of the molecule is c1ccc(-c2cc(CSCc3nnnn3C3CC3)no2)cc1. The van der Waals surface area contributed by atoms with Crippen LogP contribution in [-0.2, 0) is 11.5 Å². The lowest BCUT2D eigenvalue weighted by atomic mass is 10.2. The molecule has 1 aromatic carbocycles. The molecule has 0 spiro atoms. The van der Waals surface area contributed by atoms with Gasteiger partial charge in [-0.15, -0.1) is 16.9 Å². The van der Waals surface area contributed by atoms with Crippen molar-refractivity contribution in [2.24, 2.45) is 0 Å². The summed E-state index contributed by atoms with van der Waals surface area (Å²) in [5.74, 6) is 3.32. The molecule has 22 heavy (non-hydrogen) atoms. The summed E-state index contributed by atoms with van der Waals surface area (Å²) in [5.41, 5.74) is 1.98. The van der Waals surface area contributed by atoms with Crippen LogP contribution in [0.25, 0.3) is 11.3 Å². The third-order valence-electron chi connectivity index (χ3n) is 3.55. The minimum atomic E-state index is 0.516. The number of hydrogen-bond donors (Lipinski definition) is 0. The van der Waals surface area contributed by atoms with Crippen molar-refractivity contribution < 1.29 is 4.52 Å². The van der Waals surface area contributed by atoms with E-state index in [1.807, 2.05) is 41.1 Å². The van der Waals surface area contributed by atoms with Crippen LogP contribution in [0.2, 0.25) is 0 Å². The molecule has 2 heterocycles. The average molecular weight is 313 g/mol. The highest BCUT2D eigenvalue weighted by molar-refractivity contribution is 7.97. The van der Waals surface area contributed by atoms with E-state index in [0.29, 0.717) is 6.04 Å². The highest BCUT2D eigenvalue weighted by Crippen LogP contribution is 2.35. The molecule has 1 aliphatic carbocycles. The second-order valence-corrected chi connectivity index (χ2v) is 6.30. The van der Waals surface area contributed by atoms with Gasteiger partial charge >= 0.3 is 0 Å². The van der Waals surface area contributed by atoms with E-state index in [1.54, 1.807) is 11.8 Å². The van der Waals surface area contributed by atoms with Crippen molar-refractivity contribution in [3.63, 3.8) is 0 Å². The van der Waals surface area contributed by atoms with Gasteiger partial charge in [-0.3, -0.25) is 0 Å². The standard InChI is InChI=1S/C15H15N5OS/c1-2-4-11(5-3-1)14-8-12(17-21-14)9-22-10-15-16-18-19-20(15)13-6-7-13/h1-5,8,13H,6-7,9-10H2. The van der Waals surface area contributed by atoms with E-state index in [9.17, 15) is 0 Å². The molecule has 1 aliphatic rings. The van der Waals surface area contributed by atoms with Crippen LogP contribution in [0, 0.1) is 0 Å². The Morgan fingerprint density at radius 3 is 2.86 bits per heavy atom. The predicted molar refractivity (Wildman–Crippen MR) is 83.0 cm³/mol. The zero-order valence-electron chi connectivity index (χ0n) is 11.9. The Labute approximate surface area is 131 Å². The smallest absolute Gasteiger partial charge is 0.167 e. The molecular weight excluding hydrogens is 298 g/mol. The lowest BCUT2D eigenvalue weighted by Gasteiger charge is -2.00. The first-order chi connectivity index (χ1) is 10.9. The number of aromatic nitrogens is 5. The van der Waals surface area contributed by atoms with Crippen molar-refractivity contribution in [1.29, 1.82) is 0 Å². The molecule has 0 radical (unpaired) electrons. The van der Waals surface area contributed by atoms with Crippen molar-refractivity contribution in [2.45, 2.75) is 30.4 Å². The first-order valence-electron chi connectivity index (χ1n) is 7.25. The second-order valence-electron chi connectivity index (χ2n) is 5.31. The maximum absolute atomic E-state index is 5.40. The molecule has 7 heteroatoms. The highest BCUT2D eigenvalue weighted by atomic mass is 32.2. The largest absolute Gasteiger partial charge is 0.356 e. The maximum Gasteiger partial charge on any atom is 0.167 e. The van der Waals surface area contributed by atoms with Crippen molar-refractivity contribution in [2.75, 3.05) is 0 Å². The second kappa shape index (κ2) is 5.92. The van der Waals surface area contributed by atoms with Crippen LogP contribution in [0.3, 0.4) is 0 Å². The van der Waals surface area contributed by atoms with Crippen LogP contribution >= 0.6 is 11.8 Å². The van der Waals surface area contributed by atoms with E-state index in [2.05, 4.69) is 20.7 Å². The monoisotopic (exact) mass is 313 g/mol. The third-order valence-corrected chi connectivity index (χ3v) is 4.51. The van der Waals surface area contributed by atoms with E-state index in [4.69, 9.17) is 4.52 Å². The molecule has 112 valence electrons. The number of tetrazole rings is 1. The molecule has 0 N–H and O–H groups in total. The number of hydrogen-bond acceptors (Lipinski definition) is 6. The summed E-state index contributed by atoms with van der Waals surface area (Å²) in [6.45, 7) is 0. The Morgan fingerprint density at radius 1 is 1.18 bits per heavy atom. The lowest BCUT2D eigenvalue weighted by Crippen LogP contribution is -2.02. The predicted octanol–water partition coefficient (Wildman–Crippen LogP) is 3.10. The summed E-state index contributed by atoms with van der Waals surface area (Å²) in [5, 5.41) is 16.0. The fraction of sp³-hybridized carbons (Fsp3) is 0.333. The summed E-state index contributed by atoms with van der Waals surface area (Å²) in [6.07, 6.45) is 2.37. The minimum absolute atomic E-state index is 0.516. The van der Waals surface area contributed by atoms with Crippen LogP contribution in [0.5, 0.6) is 0 Å². The molecule has 1 fully saturated rings. The molecule has 0 amide bonds. The topological polar surface area (TPSA) is 69.6 Å². The van der Waals surface area contributed by atoms with Crippen LogP contribution in [0.4, 0.5) is 0 Å². The van der Waals surface area contributed by atoms with Gasteiger partial charge in [0, 0.05) is 17.4 Å². The van der Waals surface area contributed by atoms with Gasteiger partial charge in [-0.05, 0) is 23.3 Å². The molecule has 0 bridgehead atoms. The Morgan fingerprint density at radius 2 is 2.05 bits per heavy atom. The number of thioether (sulfide) groups is 1. The Hall–Kier alpha value is -2.15. The van der Waals surface area contributed by atoms with Gasteiger partial charge in [-0.2, -0.15) is 0 Å². The molecule has 3 aromatic rings. The van der Waals surface area contributed by atoms with Crippen molar-refractivity contribution >= 4 is 11.8 Å². The van der Waals surface area contributed by atoms with E-state index in [-0.39, 0.29) is 0 Å². The molecule has 0 saturated heterocycles. The van der Waals surface area contributed by atoms with Crippen molar-refractivity contribution in [1.82, 2.24) is 25.4 Å². The minimum Gasteiger partial charge on any atom is -0.356 e. The first-order valence-corrected chi connectivity index (χ1v) is 8.41. The van der Waals surface area contributed by atoms with Gasteiger partial charge in [-0.1, -0.05) is 35.5 Å². The van der Waals surface area contributed by atoms with E-state index >= 15 is 0 Å². The fourth-order valence-electron chi connectivity index (χ4n) is 2.28. The van der Waals surface area contributed by atoms with Gasteiger partial charge in [0.25, 0.3) is 0 Å². The molecule has 1 saturated carbocycles. The van der Waals surface area contributed by atoms with Gasteiger partial charge in [0.05, 0.1) is 17.5 Å².